The molecule has 3 fully saturated rings. The Hall–Kier alpha value is -0.820. The molecule has 2 saturated carbocycles. The van der Waals surface area contributed by atoms with Gasteiger partial charge in [0.1, 0.15) is 0 Å². The van der Waals surface area contributed by atoms with Gasteiger partial charge in [0.25, 0.3) is 0 Å². The van der Waals surface area contributed by atoms with E-state index >= 15 is 0 Å². The number of aryl methyl sites for hydroxylation is 1. The minimum Gasteiger partial charge on any atom is -0.300 e. The molecule has 1 unspecified atom stereocenters. The predicted molar refractivity (Wildman–Crippen MR) is 86.5 cm³/mol. The van der Waals surface area contributed by atoms with E-state index < -0.39 is 0 Å². The number of rotatable bonds is 1. The summed E-state index contributed by atoms with van der Waals surface area (Å²) in [4.78, 5) is 2.88. The molecular formula is C20H27N. The fraction of sp³-hybridized carbons (Fsp3) is 0.700. The molecule has 1 heteroatoms. The summed E-state index contributed by atoms with van der Waals surface area (Å²) in [6.45, 7) is 2.73. The Kier molecular flexibility index (Phi) is 2.77. The van der Waals surface area contributed by atoms with Crippen LogP contribution in [0.25, 0.3) is 0 Å². The van der Waals surface area contributed by atoms with Crippen LogP contribution in [0.2, 0.25) is 0 Å². The molecule has 3 atom stereocenters. The highest BCUT2D eigenvalue weighted by Crippen LogP contribution is 2.50. The molecule has 21 heavy (non-hydrogen) atoms. The van der Waals surface area contributed by atoms with E-state index in [1.54, 1.807) is 17.5 Å². The Morgan fingerprint density at radius 2 is 1.81 bits per heavy atom. The third-order valence-corrected chi connectivity index (χ3v) is 7.39. The van der Waals surface area contributed by atoms with E-state index in [4.69, 9.17) is 0 Å². The largest absolute Gasteiger partial charge is 0.300 e. The number of fused-ring (bicyclic) bond motifs is 4. The van der Waals surface area contributed by atoms with Gasteiger partial charge in [0.05, 0.1) is 0 Å². The van der Waals surface area contributed by atoms with Gasteiger partial charge in [-0.25, -0.2) is 0 Å². The standard InChI is InChI=1S/C20H27N/c1-2-4-18-16(3-1)7-8-20(18)9-11-21(12-10-20)19-14-15-5-6-17(19)13-15/h1-4,15,17,19H,5-14H2/t15?,17-,19-/m1/s1. The normalized spacial score (nSPS) is 37.2. The molecule has 1 aromatic rings. The Bertz CT molecular complexity index is 541. The summed E-state index contributed by atoms with van der Waals surface area (Å²) in [6, 6.07) is 10.2. The topological polar surface area (TPSA) is 3.24 Å². The molecular weight excluding hydrogens is 254 g/mol. The molecule has 0 N–H and O–H groups in total. The summed E-state index contributed by atoms with van der Waals surface area (Å²) in [5.41, 5.74) is 3.90. The summed E-state index contributed by atoms with van der Waals surface area (Å²) < 4.78 is 0. The first-order chi connectivity index (χ1) is 10.3. The Labute approximate surface area is 128 Å². The van der Waals surface area contributed by atoms with Gasteiger partial charge >= 0.3 is 0 Å². The van der Waals surface area contributed by atoms with Crippen LogP contribution in [-0.2, 0) is 11.8 Å². The van der Waals surface area contributed by atoms with Crippen LogP contribution in [0.1, 0.15) is 56.1 Å². The molecule has 0 amide bonds. The molecule has 3 aliphatic carbocycles. The van der Waals surface area contributed by atoms with Crippen molar-refractivity contribution in [1.29, 1.82) is 0 Å². The first-order valence-electron chi connectivity index (χ1n) is 9.17. The molecule has 112 valence electrons. The summed E-state index contributed by atoms with van der Waals surface area (Å²) in [6.07, 6.45) is 11.7. The van der Waals surface area contributed by atoms with E-state index in [2.05, 4.69) is 29.2 Å². The Morgan fingerprint density at radius 1 is 0.952 bits per heavy atom. The van der Waals surface area contributed by atoms with Crippen molar-refractivity contribution in [3.63, 3.8) is 0 Å². The third kappa shape index (κ3) is 1.86. The van der Waals surface area contributed by atoms with Gasteiger partial charge in [0.15, 0.2) is 0 Å². The van der Waals surface area contributed by atoms with Crippen molar-refractivity contribution in [2.24, 2.45) is 11.8 Å². The van der Waals surface area contributed by atoms with Gasteiger partial charge in [0.2, 0.25) is 0 Å². The molecule has 1 aromatic carbocycles. The first kappa shape index (κ1) is 12.7. The Morgan fingerprint density at radius 3 is 2.57 bits per heavy atom. The SMILES string of the molecule is c1ccc2c(c1)CCC21CCN([C@@H]2CC3CC[C@@H]2C3)CC1. The number of hydrogen-bond donors (Lipinski definition) is 0. The fourth-order valence-electron chi connectivity index (χ4n) is 6.23. The molecule has 2 bridgehead atoms. The van der Waals surface area contributed by atoms with Crippen LogP contribution >= 0.6 is 0 Å². The van der Waals surface area contributed by atoms with Crippen LogP contribution in [0.5, 0.6) is 0 Å². The smallest absolute Gasteiger partial charge is 0.0126 e. The molecule has 1 saturated heterocycles. The van der Waals surface area contributed by atoms with Crippen LogP contribution in [0.15, 0.2) is 24.3 Å². The van der Waals surface area contributed by atoms with Gasteiger partial charge in [0, 0.05) is 6.04 Å². The van der Waals surface area contributed by atoms with Crippen LogP contribution < -0.4 is 0 Å². The summed E-state index contributed by atoms with van der Waals surface area (Å²) >= 11 is 0. The van der Waals surface area contributed by atoms with Crippen LogP contribution in [-0.4, -0.2) is 24.0 Å². The van der Waals surface area contributed by atoms with E-state index in [0.29, 0.717) is 5.41 Å². The highest BCUT2D eigenvalue weighted by molar-refractivity contribution is 5.39. The number of nitrogens with zero attached hydrogens (tertiary/aromatic N) is 1. The molecule has 0 radical (unpaired) electrons. The highest BCUT2D eigenvalue weighted by atomic mass is 15.2. The van der Waals surface area contributed by atoms with Gasteiger partial charge < -0.3 is 4.90 Å². The average molecular weight is 281 g/mol. The lowest BCUT2D eigenvalue weighted by Crippen LogP contribution is -2.48. The number of likely N-dealkylation sites (tertiary alicyclic amines) is 1. The summed E-state index contributed by atoms with van der Waals surface area (Å²) in [5.74, 6) is 2.14. The van der Waals surface area contributed by atoms with Gasteiger partial charge in [-0.05, 0) is 86.4 Å². The minimum absolute atomic E-state index is 0.546. The highest BCUT2D eigenvalue weighted by Gasteiger charge is 2.46. The second-order valence-corrected chi connectivity index (χ2v) is 8.22. The van der Waals surface area contributed by atoms with Crippen LogP contribution in [0.4, 0.5) is 0 Å². The molecule has 5 rings (SSSR count). The fourth-order valence-corrected chi connectivity index (χ4v) is 6.23. The zero-order chi connectivity index (χ0) is 13.9. The molecule has 4 aliphatic rings. The van der Waals surface area contributed by atoms with E-state index in [9.17, 15) is 0 Å². The van der Waals surface area contributed by atoms with Crippen molar-refractivity contribution >= 4 is 0 Å². The molecule has 1 aliphatic heterocycles. The molecule has 1 spiro atoms. The summed E-state index contributed by atoms with van der Waals surface area (Å²) in [5, 5.41) is 0. The summed E-state index contributed by atoms with van der Waals surface area (Å²) in [7, 11) is 0. The van der Waals surface area contributed by atoms with E-state index in [-0.39, 0.29) is 0 Å². The minimum atomic E-state index is 0.546. The van der Waals surface area contributed by atoms with Crippen LogP contribution in [0.3, 0.4) is 0 Å². The zero-order valence-corrected chi connectivity index (χ0v) is 13.1. The number of benzene rings is 1. The second-order valence-electron chi connectivity index (χ2n) is 8.22. The maximum atomic E-state index is 2.88. The average Bonchev–Trinajstić information content (AvgIpc) is 3.24. The number of piperidine rings is 1. The number of hydrogen-bond acceptors (Lipinski definition) is 1. The second kappa shape index (κ2) is 4.59. The molecule has 0 aromatic heterocycles. The maximum absolute atomic E-state index is 2.88. The van der Waals surface area contributed by atoms with Crippen molar-refractivity contribution in [2.45, 2.75) is 62.8 Å². The van der Waals surface area contributed by atoms with E-state index in [1.165, 1.54) is 58.0 Å². The lowest BCUT2D eigenvalue weighted by molar-refractivity contribution is 0.0835. The third-order valence-electron chi connectivity index (χ3n) is 7.39. The van der Waals surface area contributed by atoms with E-state index in [0.717, 1.165) is 17.9 Å². The van der Waals surface area contributed by atoms with Gasteiger partial charge in [-0.1, -0.05) is 30.7 Å². The monoisotopic (exact) mass is 281 g/mol. The van der Waals surface area contributed by atoms with Gasteiger partial charge in [-0.3, -0.25) is 0 Å². The Balaban J connectivity index is 1.33. The first-order valence-corrected chi connectivity index (χ1v) is 9.17. The van der Waals surface area contributed by atoms with Crippen LogP contribution in [0, 0.1) is 11.8 Å². The zero-order valence-electron chi connectivity index (χ0n) is 13.1. The lowest BCUT2D eigenvalue weighted by atomic mass is 9.73. The lowest BCUT2D eigenvalue weighted by Gasteiger charge is -2.44. The molecule has 1 nitrogen and oxygen atoms in total. The quantitative estimate of drug-likeness (QED) is 0.747. The molecule has 1 heterocycles. The van der Waals surface area contributed by atoms with Gasteiger partial charge in [-0.15, -0.1) is 0 Å². The van der Waals surface area contributed by atoms with Crippen molar-refractivity contribution in [1.82, 2.24) is 4.90 Å². The van der Waals surface area contributed by atoms with E-state index in [1.807, 2.05) is 0 Å². The maximum Gasteiger partial charge on any atom is 0.0126 e. The van der Waals surface area contributed by atoms with Crippen molar-refractivity contribution in [2.75, 3.05) is 13.1 Å². The van der Waals surface area contributed by atoms with Crippen molar-refractivity contribution in [3.8, 4) is 0 Å². The van der Waals surface area contributed by atoms with Gasteiger partial charge in [-0.2, -0.15) is 0 Å². The predicted octanol–water partition coefficient (Wildman–Crippen LogP) is 4.16. The van der Waals surface area contributed by atoms with Crippen molar-refractivity contribution < 1.29 is 0 Å². The van der Waals surface area contributed by atoms with Crippen molar-refractivity contribution in [3.05, 3.63) is 35.4 Å².